The highest BCUT2D eigenvalue weighted by atomic mass is 16.5. The minimum Gasteiger partial charge on any atom is -0.494 e. The molecule has 29 heavy (non-hydrogen) atoms. The molecule has 0 saturated carbocycles. The van der Waals surface area contributed by atoms with E-state index in [1.807, 2.05) is 85.8 Å². The highest BCUT2D eigenvalue weighted by molar-refractivity contribution is 6.09. The van der Waals surface area contributed by atoms with Crippen molar-refractivity contribution < 1.29 is 9.53 Å². The highest BCUT2D eigenvalue weighted by Crippen LogP contribution is 2.40. The predicted octanol–water partition coefficient (Wildman–Crippen LogP) is 3.78. The number of benzene rings is 3. The zero-order valence-corrected chi connectivity index (χ0v) is 16.5. The van der Waals surface area contributed by atoms with Crippen molar-refractivity contribution in [1.82, 2.24) is 4.90 Å². The summed E-state index contributed by atoms with van der Waals surface area (Å²) < 4.78 is 5.63. The van der Waals surface area contributed by atoms with Crippen molar-refractivity contribution in [2.24, 2.45) is 10.7 Å². The molecule has 5 heteroatoms. The van der Waals surface area contributed by atoms with Gasteiger partial charge in [0.1, 0.15) is 5.75 Å². The fourth-order valence-electron chi connectivity index (χ4n) is 3.72. The van der Waals surface area contributed by atoms with Crippen LogP contribution in [-0.2, 0) is 10.3 Å². The quantitative estimate of drug-likeness (QED) is 0.727. The minimum atomic E-state index is -1.19. The van der Waals surface area contributed by atoms with Crippen molar-refractivity contribution in [1.29, 1.82) is 0 Å². The molecule has 5 nitrogen and oxygen atoms in total. The van der Waals surface area contributed by atoms with Crippen LogP contribution < -0.4 is 10.5 Å². The number of hydrogen-bond acceptors (Lipinski definition) is 4. The van der Waals surface area contributed by atoms with Gasteiger partial charge in [0.2, 0.25) is 0 Å². The Kier molecular flexibility index (Phi) is 4.80. The second kappa shape index (κ2) is 7.43. The molecule has 1 atom stereocenters. The van der Waals surface area contributed by atoms with Gasteiger partial charge in [-0.15, -0.1) is 0 Å². The van der Waals surface area contributed by atoms with E-state index in [1.54, 1.807) is 7.05 Å². The van der Waals surface area contributed by atoms with E-state index in [9.17, 15) is 4.79 Å². The van der Waals surface area contributed by atoms with Crippen molar-refractivity contribution in [2.45, 2.75) is 12.5 Å². The second-order valence-electron chi connectivity index (χ2n) is 6.95. The lowest BCUT2D eigenvalue weighted by atomic mass is 9.82. The van der Waals surface area contributed by atoms with Gasteiger partial charge in [0.15, 0.2) is 11.5 Å². The van der Waals surface area contributed by atoms with Crippen LogP contribution in [0.25, 0.3) is 11.1 Å². The van der Waals surface area contributed by atoms with Crippen LogP contribution in [0.2, 0.25) is 0 Å². The molecular weight excluding hydrogens is 362 g/mol. The van der Waals surface area contributed by atoms with E-state index in [0.717, 1.165) is 28.0 Å². The van der Waals surface area contributed by atoms with E-state index in [2.05, 4.69) is 4.99 Å². The lowest BCUT2D eigenvalue weighted by Crippen LogP contribution is -2.41. The Morgan fingerprint density at radius 1 is 0.931 bits per heavy atom. The number of ether oxygens (including phenoxy) is 1. The van der Waals surface area contributed by atoms with Crippen LogP contribution in [0, 0.1) is 0 Å². The van der Waals surface area contributed by atoms with Gasteiger partial charge in [-0.25, -0.2) is 4.99 Å². The molecule has 4 rings (SSSR count). The van der Waals surface area contributed by atoms with E-state index in [1.165, 1.54) is 4.90 Å². The summed E-state index contributed by atoms with van der Waals surface area (Å²) in [5.41, 5.74) is 8.43. The third-order valence-corrected chi connectivity index (χ3v) is 5.19. The maximum absolute atomic E-state index is 13.3. The standard InChI is InChI=1S/C24H23N3O2/c1-3-29-21-14-8-10-18(16-21)17-9-7-13-20(15-17)24(19-11-5-4-6-12-19)22(28)27(2)23(25)26-24/h4-16H,3H2,1-2H3,(H2,25,26)/t24-/m1/s1. The van der Waals surface area contributed by atoms with Crippen LogP contribution in [0.5, 0.6) is 5.75 Å². The minimum absolute atomic E-state index is 0.165. The topological polar surface area (TPSA) is 67.9 Å². The van der Waals surface area contributed by atoms with Gasteiger partial charge in [0.25, 0.3) is 5.91 Å². The summed E-state index contributed by atoms with van der Waals surface area (Å²) in [6, 6.07) is 25.4. The summed E-state index contributed by atoms with van der Waals surface area (Å²) in [4.78, 5) is 19.4. The molecule has 0 spiro atoms. The van der Waals surface area contributed by atoms with Crippen LogP contribution in [0.4, 0.5) is 0 Å². The van der Waals surface area contributed by atoms with Gasteiger partial charge in [-0.05, 0) is 47.4 Å². The fraction of sp³-hybridized carbons (Fsp3) is 0.167. The number of nitrogens with zero attached hydrogens (tertiary/aromatic N) is 2. The molecule has 1 aliphatic heterocycles. The molecular formula is C24H23N3O2. The number of rotatable bonds is 5. The number of hydrogen-bond donors (Lipinski definition) is 1. The first-order valence-electron chi connectivity index (χ1n) is 9.59. The Hall–Kier alpha value is -3.60. The van der Waals surface area contributed by atoms with Crippen molar-refractivity contribution in [2.75, 3.05) is 13.7 Å². The van der Waals surface area contributed by atoms with Crippen LogP contribution >= 0.6 is 0 Å². The molecule has 1 aliphatic rings. The summed E-state index contributed by atoms with van der Waals surface area (Å²) >= 11 is 0. The predicted molar refractivity (Wildman–Crippen MR) is 115 cm³/mol. The number of likely N-dealkylation sites (N-methyl/N-ethyl adjacent to an activating group) is 1. The van der Waals surface area contributed by atoms with Gasteiger partial charge in [0.05, 0.1) is 6.61 Å². The fourth-order valence-corrected chi connectivity index (χ4v) is 3.72. The lowest BCUT2D eigenvalue weighted by Gasteiger charge is -2.26. The Morgan fingerprint density at radius 2 is 1.59 bits per heavy atom. The van der Waals surface area contributed by atoms with E-state index < -0.39 is 5.54 Å². The third kappa shape index (κ3) is 3.14. The Balaban J connectivity index is 1.87. The average Bonchev–Trinajstić information content (AvgIpc) is 3.00. The summed E-state index contributed by atoms with van der Waals surface area (Å²) in [5.74, 6) is 0.858. The molecule has 3 aromatic rings. The van der Waals surface area contributed by atoms with Crippen molar-refractivity contribution in [3.63, 3.8) is 0 Å². The average molecular weight is 385 g/mol. The highest BCUT2D eigenvalue weighted by Gasteiger charge is 2.49. The first kappa shape index (κ1) is 18.7. The van der Waals surface area contributed by atoms with Gasteiger partial charge < -0.3 is 10.5 Å². The summed E-state index contributed by atoms with van der Waals surface area (Å²) in [6.07, 6.45) is 0. The van der Waals surface area contributed by atoms with Gasteiger partial charge in [0, 0.05) is 7.05 Å². The maximum atomic E-state index is 13.3. The number of carbonyl (C=O) groups is 1. The molecule has 0 aromatic heterocycles. The SMILES string of the molecule is CCOc1cccc(-c2cccc([C@@]3(c4ccccc4)N=C(N)N(C)C3=O)c2)c1. The maximum Gasteiger partial charge on any atom is 0.266 e. The zero-order valence-electron chi connectivity index (χ0n) is 16.5. The van der Waals surface area contributed by atoms with Crippen molar-refractivity contribution >= 4 is 11.9 Å². The van der Waals surface area contributed by atoms with Crippen molar-refractivity contribution in [3.05, 3.63) is 90.0 Å². The van der Waals surface area contributed by atoms with E-state index >= 15 is 0 Å². The number of nitrogens with two attached hydrogens (primary N) is 1. The zero-order chi connectivity index (χ0) is 20.4. The Labute approximate surface area is 170 Å². The number of amides is 1. The first-order valence-corrected chi connectivity index (χ1v) is 9.59. The van der Waals surface area contributed by atoms with Gasteiger partial charge in [-0.1, -0.05) is 60.7 Å². The van der Waals surface area contributed by atoms with E-state index in [4.69, 9.17) is 10.5 Å². The normalized spacial score (nSPS) is 18.6. The number of carbonyl (C=O) groups excluding carboxylic acids is 1. The van der Waals surface area contributed by atoms with Gasteiger partial charge in [-0.3, -0.25) is 9.69 Å². The van der Waals surface area contributed by atoms with Crippen LogP contribution in [-0.4, -0.2) is 30.4 Å². The summed E-state index contributed by atoms with van der Waals surface area (Å²) in [6.45, 7) is 2.57. The molecule has 1 heterocycles. The van der Waals surface area contributed by atoms with E-state index in [0.29, 0.717) is 6.61 Å². The summed E-state index contributed by atoms with van der Waals surface area (Å²) in [5, 5.41) is 0. The van der Waals surface area contributed by atoms with Crippen LogP contribution in [0.15, 0.2) is 83.9 Å². The largest absolute Gasteiger partial charge is 0.494 e. The molecule has 0 radical (unpaired) electrons. The van der Waals surface area contributed by atoms with Crippen LogP contribution in [0.1, 0.15) is 18.1 Å². The third-order valence-electron chi connectivity index (χ3n) is 5.19. The molecule has 146 valence electrons. The van der Waals surface area contributed by atoms with Crippen molar-refractivity contribution in [3.8, 4) is 16.9 Å². The molecule has 0 fully saturated rings. The Bertz CT molecular complexity index is 1080. The molecule has 0 aliphatic carbocycles. The lowest BCUT2D eigenvalue weighted by molar-refractivity contribution is -0.129. The van der Waals surface area contributed by atoms with E-state index in [-0.39, 0.29) is 11.9 Å². The molecule has 1 amide bonds. The molecule has 0 unspecified atom stereocenters. The smallest absolute Gasteiger partial charge is 0.266 e. The molecule has 3 aromatic carbocycles. The van der Waals surface area contributed by atoms with Gasteiger partial charge >= 0.3 is 0 Å². The van der Waals surface area contributed by atoms with Gasteiger partial charge in [-0.2, -0.15) is 0 Å². The molecule has 0 saturated heterocycles. The Morgan fingerprint density at radius 3 is 2.24 bits per heavy atom. The monoisotopic (exact) mass is 385 g/mol. The number of guanidine groups is 1. The van der Waals surface area contributed by atoms with Crippen LogP contribution in [0.3, 0.4) is 0 Å². The number of aliphatic imine (C=N–C) groups is 1. The summed E-state index contributed by atoms with van der Waals surface area (Å²) in [7, 11) is 1.65. The molecule has 2 N–H and O–H groups in total. The second-order valence-corrected chi connectivity index (χ2v) is 6.95. The molecule has 0 bridgehead atoms. The first-order chi connectivity index (χ1) is 14.1.